The number of para-hydroxylation sites is 2. The summed E-state index contributed by atoms with van der Waals surface area (Å²) in [4.78, 5) is 17.4. The van der Waals surface area contributed by atoms with E-state index < -0.39 is 5.97 Å². The van der Waals surface area contributed by atoms with E-state index >= 15 is 0 Å². The maximum Gasteiger partial charge on any atom is 0.307 e. The predicted octanol–water partition coefficient (Wildman–Crippen LogP) is 3.23. The van der Waals surface area contributed by atoms with Crippen molar-refractivity contribution in [2.24, 2.45) is 4.99 Å². The summed E-state index contributed by atoms with van der Waals surface area (Å²) < 4.78 is 0. The maximum absolute atomic E-state index is 10.9. The topological polar surface area (TPSA) is 52.9 Å². The third-order valence-corrected chi connectivity index (χ3v) is 3.96. The normalized spacial score (nSPS) is 13.4. The SMILES string of the molecule is O=C(O)Cc1ccsc1N1CC=Nc2ccccc21. The van der Waals surface area contributed by atoms with Crippen LogP contribution in [0.15, 0.2) is 40.7 Å². The van der Waals surface area contributed by atoms with Gasteiger partial charge in [-0.05, 0) is 29.1 Å². The zero-order valence-electron chi connectivity index (χ0n) is 10.1. The minimum absolute atomic E-state index is 0.0502. The Kier molecular flexibility index (Phi) is 3.05. The molecular weight excluding hydrogens is 260 g/mol. The van der Waals surface area contributed by atoms with Crippen molar-refractivity contribution in [2.75, 3.05) is 11.4 Å². The van der Waals surface area contributed by atoms with E-state index in [9.17, 15) is 4.79 Å². The quantitative estimate of drug-likeness (QED) is 0.933. The predicted molar refractivity (Wildman–Crippen MR) is 77.3 cm³/mol. The number of aliphatic carboxylic acids is 1. The van der Waals surface area contributed by atoms with Crippen LogP contribution in [-0.4, -0.2) is 23.8 Å². The fourth-order valence-corrected chi connectivity index (χ4v) is 3.13. The summed E-state index contributed by atoms with van der Waals surface area (Å²) in [5.41, 5.74) is 2.80. The zero-order valence-corrected chi connectivity index (χ0v) is 10.9. The number of thiophene rings is 1. The van der Waals surface area contributed by atoms with Crippen molar-refractivity contribution in [2.45, 2.75) is 6.42 Å². The van der Waals surface area contributed by atoms with E-state index in [1.54, 1.807) is 11.3 Å². The highest BCUT2D eigenvalue weighted by Gasteiger charge is 2.20. The molecule has 0 saturated carbocycles. The number of carbonyl (C=O) groups is 1. The number of anilines is 2. The van der Waals surface area contributed by atoms with Crippen LogP contribution in [0.5, 0.6) is 0 Å². The minimum atomic E-state index is -0.807. The van der Waals surface area contributed by atoms with E-state index in [0.29, 0.717) is 6.54 Å². The lowest BCUT2D eigenvalue weighted by molar-refractivity contribution is -0.136. The van der Waals surface area contributed by atoms with Crippen LogP contribution in [0.2, 0.25) is 0 Å². The molecule has 1 aromatic carbocycles. The number of hydrogen-bond acceptors (Lipinski definition) is 4. The van der Waals surface area contributed by atoms with Gasteiger partial charge in [0, 0.05) is 6.21 Å². The molecule has 1 N–H and O–H groups in total. The number of rotatable bonds is 3. The van der Waals surface area contributed by atoms with E-state index in [0.717, 1.165) is 21.9 Å². The van der Waals surface area contributed by atoms with Crippen molar-refractivity contribution in [3.63, 3.8) is 0 Å². The highest BCUT2D eigenvalue weighted by molar-refractivity contribution is 7.14. The Labute approximate surface area is 114 Å². The van der Waals surface area contributed by atoms with Gasteiger partial charge in [0.1, 0.15) is 0 Å². The van der Waals surface area contributed by atoms with Gasteiger partial charge in [-0.3, -0.25) is 9.79 Å². The van der Waals surface area contributed by atoms with Gasteiger partial charge in [-0.15, -0.1) is 11.3 Å². The molecule has 19 heavy (non-hydrogen) atoms. The molecule has 3 rings (SSSR count). The maximum atomic E-state index is 10.9. The summed E-state index contributed by atoms with van der Waals surface area (Å²) >= 11 is 1.56. The Morgan fingerprint density at radius 2 is 2.21 bits per heavy atom. The van der Waals surface area contributed by atoms with Gasteiger partial charge in [-0.25, -0.2) is 0 Å². The molecule has 0 amide bonds. The molecule has 0 unspecified atom stereocenters. The second kappa shape index (κ2) is 4.85. The monoisotopic (exact) mass is 272 g/mol. The average molecular weight is 272 g/mol. The fraction of sp³-hybridized carbons (Fsp3) is 0.143. The summed E-state index contributed by atoms with van der Waals surface area (Å²) in [6, 6.07) is 9.77. The second-order valence-corrected chi connectivity index (χ2v) is 5.13. The molecule has 0 saturated heterocycles. The molecule has 1 aliphatic rings. The Bertz CT molecular complexity index is 648. The summed E-state index contributed by atoms with van der Waals surface area (Å²) in [7, 11) is 0. The van der Waals surface area contributed by atoms with Crippen molar-refractivity contribution in [1.82, 2.24) is 0 Å². The molecule has 5 heteroatoms. The lowest BCUT2D eigenvalue weighted by Crippen LogP contribution is -2.22. The molecule has 4 nitrogen and oxygen atoms in total. The van der Waals surface area contributed by atoms with Gasteiger partial charge in [0.05, 0.1) is 29.3 Å². The first-order valence-electron chi connectivity index (χ1n) is 5.93. The van der Waals surface area contributed by atoms with Crippen molar-refractivity contribution in [3.05, 3.63) is 41.3 Å². The Hall–Kier alpha value is -2.14. The summed E-state index contributed by atoms with van der Waals surface area (Å²) in [6.07, 6.45) is 1.90. The van der Waals surface area contributed by atoms with Gasteiger partial charge in [-0.2, -0.15) is 0 Å². The zero-order chi connectivity index (χ0) is 13.2. The summed E-state index contributed by atoms with van der Waals surface area (Å²) in [5.74, 6) is -0.807. The molecule has 1 aromatic heterocycles. The van der Waals surface area contributed by atoms with Gasteiger partial charge >= 0.3 is 5.97 Å². The first-order chi connectivity index (χ1) is 9.25. The van der Waals surface area contributed by atoms with Gasteiger partial charge in [-0.1, -0.05) is 12.1 Å². The number of carboxylic acids is 1. The van der Waals surface area contributed by atoms with Gasteiger partial charge in [0.15, 0.2) is 0 Å². The van der Waals surface area contributed by atoms with E-state index in [2.05, 4.69) is 9.89 Å². The first-order valence-corrected chi connectivity index (χ1v) is 6.81. The van der Waals surface area contributed by atoms with Crippen LogP contribution in [0.3, 0.4) is 0 Å². The number of aliphatic imine (C=N–C) groups is 1. The van der Waals surface area contributed by atoms with Gasteiger partial charge in [0.25, 0.3) is 0 Å². The molecular formula is C14H12N2O2S. The van der Waals surface area contributed by atoms with Crippen molar-refractivity contribution < 1.29 is 9.90 Å². The first kappa shape index (κ1) is 11.9. The van der Waals surface area contributed by atoms with E-state index in [4.69, 9.17) is 5.11 Å². The van der Waals surface area contributed by atoms with Crippen LogP contribution in [0.1, 0.15) is 5.56 Å². The largest absolute Gasteiger partial charge is 0.481 e. The average Bonchev–Trinajstić information content (AvgIpc) is 2.85. The molecule has 0 fully saturated rings. The molecule has 2 aromatic rings. The molecule has 0 bridgehead atoms. The van der Waals surface area contributed by atoms with Gasteiger partial charge in [0.2, 0.25) is 0 Å². The number of benzene rings is 1. The smallest absolute Gasteiger partial charge is 0.307 e. The third-order valence-electron chi connectivity index (χ3n) is 2.98. The molecule has 96 valence electrons. The van der Waals surface area contributed by atoms with Crippen molar-refractivity contribution in [3.8, 4) is 0 Å². The fourth-order valence-electron chi connectivity index (χ4n) is 2.18. The summed E-state index contributed by atoms with van der Waals surface area (Å²) in [6.45, 7) is 0.671. The molecule has 0 spiro atoms. The van der Waals surface area contributed by atoms with E-state index in [-0.39, 0.29) is 6.42 Å². The number of nitrogens with zero attached hydrogens (tertiary/aromatic N) is 2. The van der Waals surface area contributed by atoms with E-state index in [1.807, 2.05) is 41.9 Å². The Morgan fingerprint density at radius 3 is 3.05 bits per heavy atom. The lowest BCUT2D eigenvalue weighted by atomic mass is 10.2. The molecule has 0 atom stereocenters. The minimum Gasteiger partial charge on any atom is -0.481 e. The third kappa shape index (κ3) is 2.24. The molecule has 2 heterocycles. The molecule has 0 radical (unpaired) electrons. The molecule has 0 aliphatic carbocycles. The molecule has 1 aliphatic heterocycles. The van der Waals surface area contributed by atoms with E-state index in [1.165, 1.54) is 0 Å². The lowest BCUT2D eigenvalue weighted by Gasteiger charge is -2.27. The Morgan fingerprint density at radius 1 is 1.37 bits per heavy atom. The highest BCUT2D eigenvalue weighted by atomic mass is 32.1. The van der Waals surface area contributed by atoms with Crippen LogP contribution in [0, 0.1) is 0 Å². The van der Waals surface area contributed by atoms with Crippen LogP contribution in [-0.2, 0) is 11.2 Å². The van der Waals surface area contributed by atoms with Gasteiger partial charge < -0.3 is 10.0 Å². The standard InChI is InChI=1S/C14H12N2O2S/c17-13(18)9-10-5-8-19-14(10)16-7-6-15-11-3-1-2-4-12(11)16/h1-6,8H,7,9H2,(H,17,18). The van der Waals surface area contributed by atoms with Crippen molar-refractivity contribution in [1.29, 1.82) is 0 Å². The number of fused-ring (bicyclic) bond motifs is 1. The Balaban J connectivity index is 2.02. The van der Waals surface area contributed by atoms with Crippen LogP contribution in [0.25, 0.3) is 0 Å². The highest BCUT2D eigenvalue weighted by Crippen LogP contribution is 2.39. The number of carboxylic acid groups (broad SMARTS) is 1. The summed E-state index contributed by atoms with van der Waals surface area (Å²) in [5, 5.41) is 11.9. The van der Waals surface area contributed by atoms with Crippen LogP contribution in [0.4, 0.5) is 16.4 Å². The van der Waals surface area contributed by atoms with Crippen molar-refractivity contribution >= 4 is 39.9 Å². The second-order valence-electron chi connectivity index (χ2n) is 4.23. The van der Waals surface area contributed by atoms with Crippen LogP contribution >= 0.6 is 11.3 Å². The van der Waals surface area contributed by atoms with Crippen LogP contribution < -0.4 is 4.90 Å². The number of hydrogen-bond donors (Lipinski definition) is 1.